The van der Waals surface area contributed by atoms with Crippen molar-refractivity contribution in [3.8, 4) is 5.75 Å². The molecule has 0 aliphatic heterocycles. The molecular formula is C26H28O3. The van der Waals surface area contributed by atoms with Gasteiger partial charge in [-0.05, 0) is 103 Å². The fraction of sp³-hybridized carbons (Fsp3) is 0.423. The van der Waals surface area contributed by atoms with Gasteiger partial charge in [0.2, 0.25) is 0 Å². The van der Waals surface area contributed by atoms with Crippen LogP contribution >= 0.6 is 0 Å². The van der Waals surface area contributed by atoms with E-state index < -0.39 is 5.97 Å². The lowest BCUT2D eigenvalue weighted by Gasteiger charge is -2.57. The van der Waals surface area contributed by atoms with E-state index in [0.717, 1.165) is 40.9 Å². The van der Waals surface area contributed by atoms with Gasteiger partial charge in [0, 0.05) is 0 Å². The average molecular weight is 389 g/mol. The number of hydrogen-bond acceptors (Lipinski definition) is 2. The van der Waals surface area contributed by atoms with Gasteiger partial charge in [-0.3, -0.25) is 0 Å². The molecule has 4 fully saturated rings. The minimum Gasteiger partial charge on any atom is -0.508 e. The van der Waals surface area contributed by atoms with Crippen LogP contribution in [0.2, 0.25) is 0 Å². The van der Waals surface area contributed by atoms with E-state index in [2.05, 4.69) is 6.08 Å². The van der Waals surface area contributed by atoms with E-state index in [0.29, 0.717) is 11.0 Å². The highest BCUT2D eigenvalue weighted by Crippen LogP contribution is 2.61. The van der Waals surface area contributed by atoms with Crippen LogP contribution in [0.3, 0.4) is 0 Å². The summed E-state index contributed by atoms with van der Waals surface area (Å²) >= 11 is 0. The van der Waals surface area contributed by atoms with Crippen molar-refractivity contribution < 1.29 is 15.0 Å². The summed E-state index contributed by atoms with van der Waals surface area (Å²) in [5.41, 5.74) is 3.42. The van der Waals surface area contributed by atoms with Crippen molar-refractivity contribution in [2.75, 3.05) is 0 Å². The fourth-order valence-electron chi connectivity index (χ4n) is 6.79. The van der Waals surface area contributed by atoms with Crippen molar-refractivity contribution >= 4 is 11.5 Å². The van der Waals surface area contributed by atoms with Crippen molar-refractivity contribution in [3.05, 3.63) is 71.3 Å². The van der Waals surface area contributed by atoms with Gasteiger partial charge < -0.3 is 10.2 Å². The van der Waals surface area contributed by atoms with Gasteiger partial charge >= 0.3 is 5.97 Å². The van der Waals surface area contributed by atoms with E-state index in [9.17, 15) is 15.0 Å². The average Bonchev–Trinajstić information content (AvgIpc) is 2.68. The number of carbonyl (C=O) groups is 1. The van der Waals surface area contributed by atoms with Crippen molar-refractivity contribution in [2.45, 2.75) is 44.9 Å². The first kappa shape index (κ1) is 18.5. The highest BCUT2D eigenvalue weighted by atomic mass is 16.4. The molecule has 0 heterocycles. The zero-order chi connectivity index (χ0) is 20.0. The summed E-state index contributed by atoms with van der Waals surface area (Å²) < 4.78 is 0. The standard InChI is InChI=1S/C26H28O3/c27-21-7-5-20(6-8-21)22(23-3-1-2-4-24(23)25(28)29)9-10-26-14-17-11-18(15-26)13-19(12-17)16-26/h1-9,17-19,27H,10-16H2,(H,28,29). The predicted molar refractivity (Wildman–Crippen MR) is 114 cm³/mol. The van der Waals surface area contributed by atoms with Crippen LogP contribution in [-0.2, 0) is 0 Å². The van der Waals surface area contributed by atoms with Crippen molar-refractivity contribution in [1.82, 2.24) is 0 Å². The zero-order valence-electron chi connectivity index (χ0n) is 16.7. The van der Waals surface area contributed by atoms with Crippen LogP contribution in [0.25, 0.3) is 5.57 Å². The van der Waals surface area contributed by atoms with Gasteiger partial charge in [-0.2, -0.15) is 0 Å². The highest BCUT2D eigenvalue weighted by molar-refractivity contribution is 5.96. The largest absolute Gasteiger partial charge is 0.508 e. The predicted octanol–water partition coefficient (Wildman–Crippen LogP) is 6.13. The molecule has 4 bridgehead atoms. The number of hydrogen-bond donors (Lipinski definition) is 2. The van der Waals surface area contributed by atoms with Crippen molar-refractivity contribution in [1.29, 1.82) is 0 Å². The van der Waals surface area contributed by atoms with Crippen LogP contribution < -0.4 is 0 Å². The first-order valence-corrected chi connectivity index (χ1v) is 10.8. The molecule has 0 atom stereocenters. The van der Waals surface area contributed by atoms with Gasteiger partial charge in [0.25, 0.3) is 0 Å². The number of carboxylic acid groups (broad SMARTS) is 1. The Hall–Kier alpha value is -2.55. The van der Waals surface area contributed by atoms with Crippen LogP contribution in [0.4, 0.5) is 0 Å². The van der Waals surface area contributed by atoms with Crippen LogP contribution in [0.15, 0.2) is 54.6 Å². The third-order valence-electron chi connectivity index (χ3n) is 7.53. The SMILES string of the molecule is O=C(O)c1ccccc1C(=CCC12CC3CC(CC(C3)C1)C2)c1ccc(O)cc1. The lowest BCUT2D eigenvalue weighted by Crippen LogP contribution is -2.45. The second kappa shape index (κ2) is 7.05. The molecule has 29 heavy (non-hydrogen) atoms. The second-order valence-electron chi connectivity index (χ2n) is 9.64. The molecule has 3 heteroatoms. The summed E-state index contributed by atoms with van der Waals surface area (Å²) in [6.07, 6.45) is 11.6. The van der Waals surface area contributed by atoms with Crippen LogP contribution in [0.1, 0.15) is 66.4 Å². The quantitative estimate of drug-likeness (QED) is 0.648. The van der Waals surface area contributed by atoms with Crippen LogP contribution in [0.5, 0.6) is 5.75 Å². The molecule has 0 spiro atoms. The van der Waals surface area contributed by atoms with E-state index in [1.165, 1.54) is 38.5 Å². The Labute approximate surface area is 172 Å². The monoisotopic (exact) mass is 388 g/mol. The maximum absolute atomic E-state index is 11.9. The Morgan fingerprint density at radius 1 is 0.897 bits per heavy atom. The molecule has 0 saturated heterocycles. The number of allylic oxidation sites excluding steroid dienone is 1. The third kappa shape index (κ3) is 3.48. The van der Waals surface area contributed by atoms with Gasteiger partial charge in [-0.1, -0.05) is 36.4 Å². The summed E-state index contributed by atoms with van der Waals surface area (Å²) in [7, 11) is 0. The number of rotatable bonds is 5. The molecule has 0 radical (unpaired) electrons. The number of phenols is 1. The molecule has 4 saturated carbocycles. The maximum atomic E-state index is 11.9. The lowest BCUT2D eigenvalue weighted by atomic mass is 9.49. The first-order valence-electron chi connectivity index (χ1n) is 10.8. The Balaban J connectivity index is 1.54. The van der Waals surface area contributed by atoms with E-state index >= 15 is 0 Å². The molecule has 2 N–H and O–H groups in total. The van der Waals surface area contributed by atoms with Gasteiger partial charge in [0.05, 0.1) is 5.56 Å². The summed E-state index contributed by atoms with van der Waals surface area (Å²) in [5.74, 6) is 2.02. The second-order valence-corrected chi connectivity index (χ2v) is 9.64. The molecule has 0 amide bonds. The molecule has 2 aromatic rings. The first-order chi connectivity index (χ1) is 14.0. The van der Waals surface area contributed by atoms with Crippen LogP contribution in [-0.4, -0.2) is 16.2 Å². The van der Waals surface area contributed by atoms with E-state index in [1.807, 2.05) is 24.3 Å². The van der Waals surface area contributed by atoms with E-state index in [4.69, 9.17) is 0 Å². The number of phenolic OH excluding ortho intramolecular Hbond substituents is 1. The molecule has 4 aliphatic carbocycles. The number of aromatic carboxylic acids is 1. The summed E-state index contributed by atoms with van der Waals surface area (Å²) in [5, 5.41) is 19.5. The molecular weight excluding hydrogens is 360 g/mol. The fourth-order valence-corrected chi connectivity index (χ4v) is 6.79. The molecule has 2 aromatic carbocycles. The zero-order valence-corrected chi connectivity index (χ0v) is 16.7. The summed E-state index contributed by atoms with van der Waals surface area (Å²) in [6, 6.07) is 14.4. The van der Waals surface area contributed by atoms with Crippen molar-refractivity contribution in [2.24, 2.45) is 23.2 Å². The minimum absolute atomic E-state index is 0.223. The topological polar surface area (TPSA) is 57.5 Å². The molecule has 0 aromatic heterocycles. The normalized spacial score (nSPS) is 30.5. The smallest absolute Gasteiger partial charge is 0.336 e. The number of benzene rings is 2. The maximum Gasteiger partial charge on any atom is 0.336 e. The molecule has 4 aliphatic rings. The Morgan fingerprint density at radius 2 is 1.45 bits per heavy atom. The van der Waals surface area contributed by atoms with E-state index in [1.54, 1.807) is 24.3 Å². The Bertz CT molecular complexity index is 919. The van der Waals surface area contributed by atoms with E-state index in [-0.39, 0.29) is 5.75 Å². The molecule has 3 nitrogen and oxygen atoms in total. The molecule has 0 unspecified atom stereocenters. The molecule has 6 rings (SSSR count). The lowest BCUT2D eigenvalue weighted by molar-refractivity contribution is -0.0506. The Morgan fingerprint density at radius 3 is 2.00 bits per heavy atom. The van der Waals surface area contributed by atoms with Crippen LogP contribution in [0, 0.1) is 23.2 Å². The molecule has 150 valence electrons. The van der Waals surface area contributed by atoms with Gasteiger partial charge in [0.15, 0.2) is 0 Å². The highest BCUT2D eigenvalue weighted by Gasteiger charge is 2.50. The van der Waals surface area contributed by atoms with Crippen molar-refractivity contribution in [3.63, 3.8) is 0 Å². The van der Waals surface area contributed by atoms with Gasteiger partial charge in [-0.15, -0.1) is 0 Å². The van der Waals surface area contributed by atoms with Gasteiger partial charge in [0.1, 0.15) is 5.75 Å². The number of aromatic hydroxyl groups is 1. The third-order valence-corrected chi connectivity index (χ3v) is 7.53. The number of carboxylic acids is 1. The minimum atomic E-state index is -0.903. The summed E-state index contributed by atoms with van der Waals surface area (Å²) in [4.78, 5) is 11.9. The van der Waals surface area contributed by atoms with Gasteiger partial charge in [-0.25, -0.2) is 4.79 Å². The summed E-state index contributed by atoms with van der Waals surface area (Å²) in [6.45, 7) is 0. The Kier molecular flexibility index (Phi) is 4.49.